The molecular formula is C16H28O2. The van der Waals surface area contributed by atoms with Crippen molar-refractivity contribution in [1.29, 1.82) is 0 Å². The molecule has 0 aromatic heterocycles. The summed E-state index contributed by atoms with van der Waals surface area (Å²) in [5.41, 5.74) is -0.713. The lowest BCUT2D eigenvalue weighted by atomic mass is 10.1. The molecule has 0 spiro atoms. The Hall–Kier alpha value is -0.860. The van der Waals surface area contributed by atoms with E-state index in [1.807, 2.05) is 19.1 Å². The summed E-state index contributed by atoms with van der Waals surface area (Å²) in [5.74, 6) is 0. The van der Waals surface area contributed by atoms with Gasteiger partial charge in [-0.25, -0.2) is 0 Å². The Balaban J connectivity index is 3.38. The minimum atomic E-state index is -0.713. The molecule has 0 fully saturated rings. The van der Waals surface area contributed by atoms with E-state index in [1.165, 1.54) is 12.8 Å². The van der Waals surface area contributed by atoms with E-state index in [0.29, 0.717) is 0 Å². The number of allylic oxidation sites excluding steroid dienone is 4. The Morgan fingerprint density at radius 3 is 2.28 bits per heavy atom. The molecular weight excluding hydrogens is 224 g/mol. The number of hydrogen-bond acceptors (Lipinski definition) is 2. The molecule has 0 aliphatic heterocycles. The molecule has 0 rings (SSSR count). The van der Waals surface area contributed by atoms with Gasteiger partial charge in [0.05, 0.1) is 12.2 Å². The van der Waals surface area contributed by atoms with Crippen molar-refractivity contribution < 1.29 is 9.84 Å². The quantitative estimate of drug-likeness (QED) is 0.361. The molecule has 0 atom stereocenters. The van der Waals surface area contributed by atoms with Crippen molar-refractivity contribution in [3.8, 4) is 0 Å². The van der Waals surface area contributed by atoms with Crippen molar-refractivity contribution in [1.82, 2.24) is 0 Å². The van der Waals surface area contributed by atoms with E-state index in [1.54, 1.807) is 19.9 Å². The zero-order chi connectivity index (χ0) is 13.7. The maximum atomic E-state index is 9.44. The van der Waals surface area contributed by atoms with Crippen molar-refractivity contribution in [2.75, 3.05) is 13.2 Å². The average molecular weight is 252 g/mol. The molecule has 0 heterocycles. The first-order valence-corrected chi connectivity index (χ1v) is 6.85. The van der Waals surface area contributed by atoms with Gasteiger partial charge in [-0.15, -0.1) is 0 Å². The summed E-state index contributed by atoms with van der Waals surface area (Å²) in [4.78, 5) is 0. The first-order chi connectivity index (χ1) is 8.56. The largest absolute Gasteiger partial charge is 0.386 e. The number of unbranched alkanes of at least 4 members (excludes halogenated alkanes) is 3. The van der Waals surface area contributed by atoms with Gasteiger partial charge < -0.3 is 9.84 Å². The van der Waals surface area contributed by atoms with Gasteiger partial charge in [0.1, 0.15) is 0 Å². The maximum Gasteiger partial charge on any atom is 0.0774 e. The van der Waals surface area contributed by atoms with Crippen LogP contribution in [0.4, 0.5) is 0 Å². The van der Waals surface area contributed by atoms with E-state index >= 15 is 0 Å². The Morgan fingerprint density at radius 2 is 1.67 bits per heavy atom. The first kappa shape index (κ1) is 17.1. The molecule has 0 aliphatic rings. The molecule has 0 aliphatic carbocycles. The second-order valence-electron chi connectivity index (χ2n) is 4.86. The normalized spacial score (nSPS) is 13.3. The third kappa shape index (κ3) is 15.1. The average Bonchev–Trinajstić information content (AvgIpc) is 2.29. The van der Waals surface area contributed by atoms with Crippen molar-refractivity contribution in [2.24, 2.45) is 0 Å². The summed E-state index contributed by atoms with van der Waals surface area (Å²) in [6.07, 6.45) is 16.7. The van der Waals surface area contributed by atoms with Crippen LogP contribution in [0.5, 0.6) is 0 Å². The van der Waals surface area contributed by atoms with Gasteiger partial charge >= 0.3 is 0 Å². The zero-order valence-electron chi connectivity index (χ0n) is 12.1. The van der Waals surface area contributed by atoms with Crippen LogP contribution >= 0.6 is 0 Å². The number of hydrogen-bond donors (Lipinski definition) is 1. The SMILES string of the molecule is CCOC/C=C/CCCC/C=C/C=C/C(C)(C)O. The number of rotatable bonds is 10. The minimum Gasteiger partial charge on any atom is -0.386 e. The second-order valence-corrected chi connectivity index (χ2v) is 4.86. The third-order valence-corrected chi connectivity index (χ3v) is 2.33. The highest BCUT2D eigenvalue weighted by atomic mass is 16.5. The highest BCUT2D eigenvalue weighted by Crippen LogP contribution is 2.04. The predicted molar refractivity (Wildman–Crippen MR) is 78.7 cm³/mol. The Kier molecular flexibility index (Phi) is 10.7. The fourth-order valence-corrected chi connectivity index (χ4v) is 1.36. The first-order valence-electron chi connectivity index (χ1n) is 6.85. The van der Waals surface area contributed by atoms with Crippen molar-refractivity contribution in [3.63, 3.8) is 0 Å². The van der Waals surface area contributed by atoms with E-state index < -0.39 is 5.60 Å². The van der Waals surface area contributed by atoms with Gasteiger partial charge in [-0.05, 0) is 46.5 Å². The standard InChI is InChI=1S/C16H28O2/c1-4-18-15-13-11-9-7-5-6-8-10-12-14-16(2,3)17/h8,10-14,17H,4-7,9,15H2,1-3H3/b10-8+,13-11+,14-12+. The molecule has 0 saturated heterocycles. The van der Waals surface area contributed by atoms with Crippen LogP contribution in [0, 0.1) is 0 Å². The van der Waals surface area contributed by atoms with Crippen LogP contribution in [-0.4, -0.2) is 23.9 Å². The molecule has 2 heteroatoms. The molecule has 18 heavy (non-hydrogen) atoms. The van der Waals surface area contributed by atoms with Gasteiger partial charge in [-0.3, -0.25) is 0 Å². The lowest BCUT2D eigenvalue weighted by Crippen LogP contribution is -2.13. The Labute approximate surface area is 112 Å². The Bertz CT molecular complexity index is 257. The zero-order valence-corrected chi connectivity index (χ0v) is 12.1. The van der Waals surface area contributed by atoms with Crippen LogP contribution in [0.3, 0.4) is 0 Å². The van der Waals surface area contributed by atoms with E-state index in [0.717, 1.165) is 26.1 Å². The highest BCUT2D eigenvalue weighted by Gasteiger charge is 2.03. The molecule has 1 N–H and O–H groups in total. The highest BCUT2D eigenvalue weighted by molar-refractivity contribution is 5.07. The number of ether oxygens (including phenoxy) is 1. The van der Waals surface area contributed by atoms with Gasteiger partial charge in [-0.2, -0.15) is 0 Å². The minimum absolute atomic E-state index is 0.713. The molecule has 0 saturated carbocycles. The van der Waals surface area contributed by atoms with Crippen LogP contribution in [-0.2, 0) is 4.74 Å². The molecule has 104 valence electrons. The van der Waals surface area contributed by atoms with Crippen LogP contribution in [0.25, 0.3) is 0 Å². The van der Waals surface area contributed by atoms with Crippen molar-refractivity contribution in [3.05, 3.63) is 36.5 Å². The van der Waals surface area contributed by atoms with E-state index in [9.17, 15) is 5.11 Å². The van der Waals surface area contributed by atoms with Crippen LogP contribution in [0.15, 0.2) is 36.5 Å². The molecule has 0 aromatic carbocycles. The molecule has 0 aromatic rings. The van der Waals surface area contributed by atoms with Crippen molar-refractivity contribution >= 4 is 0 Å². The maximum absolute atomic E-state index is 9.44. The summed E-state index contributed by atoms with van der Waals surface area (Å²) in [7, 11) is 0. The summed E-state index contributed by atoms with van der Waals surface area (Å²) in [6, 6.07) is 0. The lowest BCUT2D eigenvalue weighted by Gasteiger charge is -2.08. The van der Waals surface area contributed by atoms with Crippen LogP contribution < -0.4 is 0 Å². The van der Waals surface area contributed by atoms with E-state index in [4.69, 9.17) is 4.74 Å². The summed E-state index contributed by atoms with van der Waals surface area (Å²) >= 11 is 0. The second kappa shape index (κ2) is 11.2. The van der Waals surface area contributed by atoms with Gasteiger partial charge in [0, 0.05) is 6.61 Å². The lowest BCUT2D eigenvalue weighted by molar-refractivity contribution is 0.133. The van der Waals surface area contributed by atoms with Gasteiger partial charge in [0.2, 0.25) is 0 Å². The van der Waals surface area contributed by atoms with Gasteiger partial charge in [0.25, 0.3) is 0 Å². The number of aliphatic hydroxyl groups is 1. The topological polar surface area (TPSA) is 29.5 Å². The third-order valence-electron chi connectivity index (χ3n) is 2.33. The fourth-order valence-electron chi connectivity index (χ4n) is 1.36. The van der Waals surface area contributed by atoms with E-state index in [-0.39, 0.29) is 0 Å². The van der Waals surface area contributed by atoms with E-state index in [2.05, 4.69) is 18.2 Å². The molecule has 2 nitrogen and oxygen atoms in total. The summed E-state index contributed by atoms with van der Waals surface area (Å²) in [5, 5.41) is 9.44. The molecule has 0 amide bonds. The molecule has 0 unspecified atom stereocenters. The molecule has 0 bridgehead atoms. The summed E-state index contributed by atoms with van der Waals surface area (Å²) in [6.45, 7) is 7.07. The smallest absolute Gasteiger partial charge is 0.0774 e. The molecule has 0 radical (unpaired) electrons. The summed E-state index contributed by atoms with van der Waals surface area (Å²) < 4.78 is 5.21. The monoisotopic (exact) mass is 252 g/mol. The predicted octanol–water partition coefficient (Wildman–Crippen LogP) is 4.02. The van der Waals surface area contributed by atoms with Crippen molar-refractivity contribution in [2.45, 2.75) is 52.1 Å². The van der Waals surface area contributed by atoms with Crippen LogP contribution in [0.2, 0.25) is 0 Å². The Morgan fingerprint density at radius 1 is 1.00 bits per heavy atom. The van der Waals surface area contributed by atoms with Gasteiger partial charge in [-0.1, -0.05) is 36.5 Å². The fraction of sp³-hybridized carbons (Fsp3) is 0.625. The van der Waals surface area contributed by atoms with Gasteiger partial charge in [0.15, 0.2) is 0 Å². The van der Waals surface area contributed by atoms with Crippen LogP contribution in [0.1, 0.15) is 46.5 Å².